The lowest BCUT2D eigenvalue weighted by atomic mass is 10.0. The lowest BCUT2D eigenvalue weighted by Gasteiger charge is -2.48. The molecule has 1 unspecified atom stereocenters. The number of aliphatic hydroxyl groups excluding tert-OH is 2. The molecule has 0 saturated carbocycles. The molecule has 0 amide bonds. The van der Waals surface area contributed by atoms with Crippen LogP contribution in [-0.2, 0) is 19.7 Å². The first-order chi connectivity index (χ1) is 12.6. The Hall–Kier alpha value is -0.413. The molecule has 1 aromatic rings. The fourth-order valence-corrected chi connectivity index (χ4v) is 5.40. The van der Waals surface area contributed by atoms with Gasteiger partial charge in [0.15, 0.2) is 8.32 Å². The third-order valence-electron chi connectivity index (χ3n) is 5.56. The van der Waals surface area contributed by atoms with Gasteiger partial charge in [-0.1, -0.05) is 51.1 Å². The molecule has 2 rings (SSSR count). The SMILES string of the molecule is CO[C@@H]1[C@H](O)[C@@H](CO)OC(SCc2ccccc2)[C@H]1O[Si](C)(C)C(C)(C)C. The maximum Gasteiger partial charge on any atom is 0.192 e. The maximum absolute atomic E-state index is 10.6. The highest BCUT2D eigenvalue weighted by Crippen LogP contribution is 2.41. The zero-order chi connectivity index (χ0) is 20.2. The summed E-state index contributed by atoms with van der Waals surface area (Å²) in [6.07, 6.45) is -2.55. The first-order valence-electron chi connectivity index (χ1n) is 9.41. The van der Waals surface area contributed by atoms with E-state index in [1.807, 2.05) is 18.2 Å². The molecule has 1 heterocycles. The van der Waals surface area contributed by atoms with E-state index in [1.165, 1.54) is 5.56 Å². The smallest absolute Gasteiger partial charge is 0.192 e. The molecule has 5 nitrogen and oxygen atoms in total. The highest BCUT2D eigenvalue weighted by atomic mass is 32.2. The van der Waals surface area contributed by atoms with E-state index in [-0.39, 0.29) is 17.1 Å². The van der Waals surface area contributed by atoms with Crippen molar-refractivity contribution >= 4 is 20.1 Å². The summed E-state index contributed by atoms with van der Waals surface area (Å²) in [6, 6.07) is 10.2. The fraction of sp³-hybridized carbons (Fsp3) is 0.700. The van der Waals surface area contributed by atoms with Gasteiger partial charge < -0.3 is 24.1 Å². The van der Waals surface area contributed by atoms with Crippen molar-refractivity contribution < 1.29 is 24.1 Å². The second-order valence-electron chi connectivity index (χ2n) is 8.56. The van der Waals surface area contributed by atoms with Crippen molar-refractivity contribution in [2.75, 3.05) is 13.7 Å². The van der Waals surface area contributed by atoms with Crippen LogP contribution in [0.1, 0.15) is 26.3 Å². The molecule has 27 heavy (non-hydrogen) atoms. The van der Waals surface area contributed by atoms with E-state index in [1.54, 1.807) is 18.9 Å². The Balaban J connectivity index is 2.24. The minimum absolute atomic E-state index is 0.0265. The Morgan fingerprint density at radius 1 is 1.15 bits per heavy atom. The number of benzene rings is 1. The van der Waals surface area contributed by atoms with Gasteiger partial charge in [0, 0.05) is 12.9 Å². The quantitative estimate of drug-likeness (QED) is 0.667. The highest BCUT2D eigenvalue weighted by Gasteiger charge is 2.50. The predicted molar refractivity (Wildman–Crippen MR) is 112 cm³/mol. The first-order valence-corrected chi connectivity index (χ1v) is 13.4. The summed E-state index contributed by atoms with van der Waals surface area (Å²) < 4.78 is 18.3. The second kappa shape index (κ2) is 9.39. The number of rotatable bonds is 7. The molecule has 1 saturated heterocycles. The molecule has 0 radical (unpaired) electrons. The van der Waals surface area contributed by atoms with Crippen LogP contribution in [0, 0.1) is 0 Å². The molecular weight excluding hydrogens is 380 g/mol. The number of hydrogen-bond donors (Lipinski definition) is 2. The van der Waals surface area contributed by atoms with Gasteiger partial charge in [-0.2, -0.15) is 0 Å². The number of thioether (sulfide) groups is 1. The summed E-state index contributed by atoms with van der Waals surface area (Å²) in [6.45, 7) is 10.7. The van der Waals surface area contributed by atoms with E-state index in [4.69, 9.17) is 13.9 Å². The third kappa shape index (κ3) is 5.56. The number of methoxy groups -OCH3 is 1. The summed E-state index contributed by atoms with van der Waals surface area (Å²) in [5.74, 6) is 0.757. The van der Waals surface area contributed by atoms with Crippen molar-refractivity contribution in [1.82, 2.24) is 0 Å². The third-order valence-corrected chi connectivity index (χ3v) is 11.2. The zero-order valence-electron chi connectivity index (χ0n) is 17.2. The molecule has 0 aromatic heterocycles. The van der Waals surface area contributed by atoms with E-state index < -0.39 is 32.7 Å². The molecule has 1 aliphatic rings. The number of ether oxygens (including phenoxy) is 2. The summed E-state index contributed by atoms with van der Waals surface area (Å²) in [5.41, 5.74) is 0.864. The second-order valence-corrected chi connectivity index (χ2v) is 14.4. The Bertz CT molecular complexity index is 577. The predicted octanol–water partition coefficient (Wildman–Crippen LogP) is 3.40. The average molecular weight is 415 g/mol. The van der Waals surface area contributed by atoms with Crippen LogP contribution in [-0.4, -0.2) is 62.1 Å². The minimum Gasteiger partial charge on any atom is -0.408 e. The molecule has 7 heteroatoms. The molecular formula is C20H34O5SSi. The van der Waals surface area contributed by atoms with Gasteiger partial charge in [-0.05, 0) is 23.7 Å². The summed E-state index contributed by atoms with van der Waals surface area (Å²) in [4.78, 5) is 0. The summed E-state index contributed by atoms with van der Waals surface area (Å²) in [7, 11) is -0.531. The molecule has 1 aliphatic heterocycles. The van der Waals surface area contributed by atoms with Gasteiger partial charge in [0.05, 0.1) is 6.61 Å². The van der Waals surface area contributed by atoms with Crippen LogP contribution in [0.2, 0.25) is 18.1 Å². The lowest BCUT2D eigenvalue weighted by molar-refractivity contribution is -0.209. The topological polar surface area (TPSA) is 68.2 Å². The van der Waals surface area contributed by atoms with Crippen molar-refractivity contribution in [3.05, 3.63) is 35.9 Å². The Morgan fingerprint density at radius 2 is 1.78 bits per heavy atom. The number of hydrogen-bond acceptors (Lipinski definition) is 6. The highest BCUT2D eigenvalue weighted by molar-refractivity contribution is 7.99. The van der Waals surface area contributed by atoms with Gasteiger partial charge in [-0.25, -0.2) is 0 Å². The minimum atomic E-state index is -2.11. The van der Waals surface area contributed by atoms with Gasteiger partial charge in [0.2, 0.25) is 0 Å². The monoisotopic (exact) mass is 414 g/mol. The first kappa shape index (κ1) is 22.9. The van der Waals surface area contributed by atoms with Crippen LogP contribution >= 0.6 is 11.8 Å². The fourth-order valence-electron chi connectivity index (χ4n) is 2.84. The van der Waals surface area contributed by atoms with E-state index >= 15 is 0 Å². The molecule has 1 fully saturated rings. The van der Waals surface area contributed by atoms with Gasteiger partial charge in [0.1, 0.15) is 29.9 Å². The van der Waals surface area contributed by atoms with Crippen molar-refractivity contribution in [2.45, 2.75) is 74.5 Å². The van der Waals surface area contributed by atoms with Crippen molar-refractivity contribution in [1.29, 1.82) is 0 Å². The molecule has 5 atom stereocenters. The maximum atomic E-state index is 10.6. The van der Waals surface area contributed by atoms with E-state index in [2.05, 4.69) is 46.0 Å². The van der Waals surface area contributed by atoms with Crippen LogP contribution in [0.4, 0.5) is 0 Å². The van der Waals surface area contributed by atoms with Crippen LogP contribution in [0.3, 0.4) is 0 Å². The molecule has 0 aliphatic carbocycles. The standard InChI is InChI=1S/C20H34O5SSi/c1-20(2,3)27(5,6)25-18-17(23-4)16(22)15(12-21)24-19(18)26-13-14-10-8-7-9-11-14/h7-11,15-19,21-22H,12-13H2,1-6H3/t15-,16-,17-,18+,19?/m1/s1. The molecule has 1 aromatic carbocycles. The van der Waals surface area contributed by atoms with Crippen LogP contribution < -0.4 is 0 Å². The Kier molecular flexibility index (Phi) is 7.95. The largest absolute Gasteiger partial charge is 0.408 e. The Labute approximate surface area is 168 Å². The van der Waals surface area contributed by atoms with Crippen molar-refractivity contribution in [3.63, 3.8) is 0 Å². The molecule has 0 spiro atoms. The van der Waals surface area contributed by atoms with E-state index in [0.717, 1.165) is 5.75 Å². The number of aliphatic hydroxyl groups is 2. The molecule has 0 bridgehead atoms. The van der Waals surface area contributed by atoms with Gasteiger partial charge in [0.25, 0.3) is 0 Å². The van der Waals surface area contributed by atoms with E-state index in [9.17, 15) is 10.2 Å². The van der Waals surface area contributed by atoms with Gasteiger partial charge in [-0.3, -0.25) is 0 Å². The van der Waals surface area contributed by atoms with Crippen LogP contribution in [0.25, 0.3) is 0 Å². The zero-order valence-corrected chi connectivity index (χ0v) is 19.0. The van der Waals surface area contributed by atoms with Crippen LogP contribution in [0.15, 0.2) is 30.3 Å². The summed E-state index contributed by atoms with van der Waals surface area (Å²) in [5, 5.41) is 20.3. The average Bonchev–Trinajstić information content (AvgIpc) is 2.61. The van der Waals surface area contributed by atoms with Crippen molar-refractivity contribution in [2.24, 2.45) is 0 Å². The lowest BCUT2D eigenvalue weighted by Crippen LogP contribution is -2.62. The van der Waals surface area contributed by atoms with Gasteiger partial charge in [-0.15, -0.1) is 11.8 Å². The summed E-state index contributed by atoms with van der Waals surface area (Å²) >= 11 is 1.62. The van der Waals surface area contributed by atoms with E-state index in [0.29, 0.717) is 0 Å². The normalized spacial score (nSPS) is 29.7. The van der Waals surface area contributed by atoms with Crippen molar-refractivity contribution in [3.8, 4) is 0 Å². The Morgan fingerprint density at radius 3 is 2.30 bits per heavy atom. The molecule has 2 N–H and O–H groups in total. The van der Waals surface area contributed by atoms with Gasteiger partial charge >= 0.3 is 0 Å². The molecule has 154 valence electrons. The van der Waals surface area contributed by atoms with Crippen LogP contribution in [0.5, 0.6) is 0 Å².